The summed E-state index contributed by atoms with van der Waals surface area (Å²) in [6.45, 7) is 0.0456. The van der Waals surface area contributed by atoms with Crippen molar-refractivity contribution in [2.45, 2.75) is 18.9 Å². The Morgan fingerprint density at radius 2 is 2.29 bits per heavy atom. The van der Waals surface area contributed by atoms with Crippen LogP contribution in [0, 0.1) is 0 Å². The van der Waals surface area contributed by atoms with Crippen molar-refractivity contribution >= 4 is 0 Å². The van der Waals surface area contributed by atoms with Crippen LogP contribution in [0.2, 0.25) is 0 Å². The Morgan fingerprint density at radius 1 is 1.50 bits per heavy atom. The predicted octanol–water partition coefficient (Wildman–Crippen LogP) is 0.947. The molecule has 0 aliphatic heterocycles. The zero-order chi connectivity index (χ0) is 10.4. The maximum atomic E-state index is 8.76. The van der Waals surface area contributed by atoms with E-state index >= 15 is 0 Å². The van der Waals surface area contributed by atoms with E-state index in [0.29, 0.717) is 0 Å². The van der Waals surface area contributed by atoms with Crippen molar-refractivity contribution in [1.29, 1.82) is 0 Å². The highest BCUT2D eigenvalue weighted by atomic mass is 16.5. The lowest BCUT2D eigenvalue weighted by Crippen LogP contribution is -2.24. The number of hydrogen-bond acceptors (Lipinski definition) is 3. The first-order chi connectivity index (χ1) is 6.76. The van der Waals surface area contributed by atoms with Crippen LogP contribution in [0.3, 0.4) is 0 Å². The van der Waals surface area contributed by atoms with Gasteiger partial charge in [-0.1, -0.05) is 12.1 Å². The first kappa shape index (κ1) is 11.0. The summed E-state index contributed by atoms with van der Waals surface area (Å²) < 4.78 is 5.11. The van der Waals surface area contributed by atoms with Crippen molar-refractivity contribution in [2.75, 3.05) is 13.7 Å². The molecular formula is C11H17NO2. The van der Waals surface area contributed by atoms with Gasteiger partial charge in [0.1, 0.15) is 5.75 Å². The second-order valence-corrected chi connectivity index (χ2v) is 3.33. The molecule has 0 aromatic heterocycles. The van der Waals surface area contributed by atoms with Crippen molar-refractivity contribution in [3.8, 4) is 5.75 Å². The summed E-state index contributed by atoms with van der Waals surface area (Å²) in [7, 11) is 1.65. The third kappa shape index (κ3) is 3.36. The Kier molecular flexibility index (Phi) is 4.43. The Hall–Kier alpha value is -1.06. The molecule has 3 nitrogen and oxygen atoms in total. The van der Waals surface area contributed by atoms with Gasteiger partial charge in [-0.05, 0) is 30.5 Å². The number of methoxy groups -OCH3 is 1. The molecule has 0 spiro atoms. The fraction of sp³-hybridized carbons (Fsp3) is 0.455. The Bertz CT molecular complexity index is 276. The van der Waals surface area contributed by atoms with Crippen molar-refractivity contribution in [2.24, 2.45) is 5.73 Å². The summed E-state index contributed by atoms with van der Waals surface area (Å²) >= 11 is 0. The minimum atomic E-state index is -0.124. The number of hydrogen-bond donors (Lipinski definition) is 2. The number of aliphatic hydroxyl groups excluding tert-OH is 1. The molecule has 1 aromatic carbocycles. The number of aliphatic hydroxyl groups is 1. The summed E-state index contributed by atoms with van der Waals surface area (Å²) in [5.41, 5.74) is 6.80. The molecule has 3 heteroatoms. The number of ether oxygens (including phenoxy) is 1. The van der Waals surface area contributed by atoms with Crippen LogP contribution in [0.25, 0.3) is 0 Å². The number of nitrogens with two attached hydrogens (primary N) is 1. The van der Waals surface area contributed by atoms with E-state index in [0.717, 1.165) is 18.6 Å². The lowest BCUT2D eigenvalue weighted by Gasteiger charge is -2.08. The highest BCUT2D eigenvalue weighted by Gasteiger charge is 2.01. The second kappa shape index (κ2) is 5.62. The normalized spacial score (nSPS) is 12.5. The van der Waals surface area contributed by atoms with Crippen molar-refractivity contribution in [3.05, 3.63) is 29.8 Å². The minimum absolute atomic E-state index is 0.0456. The SMILES string of the molecule is COc1cccc(CCC(N)CO)c1. The standard InChI is InChI=1S/C11H17NO2/c1-14-11-4-2-3-9(7-11)5-6-10(12)8-13/h2-4,7,10,13H,5-6,8,12H2,1H3. The minimum Gasteiger partial charge on any atom is -0.497 e. The summed E-state index contributed by atoms with van der Waals surface area (Å²) in [4.78, 5) is 0. The molecule has 0 heterocycles. The maximum Gasteiger partial charge on any atom is 0.119 e. The lowest BCUT2D eigenvalue weighted by atomic mass is 10.1. The van der Waals surface area contributed by atoms with Gasteiger partial charge in [-0.3, -0.25) is 0 Å². The van der Waals surface area contributed by atoms with E-state index in [4.69, 9.17) is 15.6 Å². The molecule has 0 radical (unpaired) electrons. The molecule has 1 aromatic rings. The third-order valence-corrected chi connectivity index (χ3v) is 2.17. The molecule has 0 bridgehead atoms. The molecule has 1 atom stereocenters. The predicted molar refractivity (Wildman–Crippen MR) is 56.4 cm³/mol. The molecule has 0 amide bonds. The lowest BCUT2D eigenvalue weighted by molar-refractivity contribution is 0.260. The fourth-order valence-corrected chi connectivity index (χ4v) is 1.27. The summed E-state index contributed by atoms with van der Waals surface area (Å²) in [6.07, 6.45) is 1.67. The quantitative estimate of drug-likeness (QED) is 0.735. The van der Waals surface area contributed by atoms with Gasteiger partial charge >= 0.3 is 0 Å². The maximum absolute atomic E-state index is 8.76. The summed E-state index contributed by atoms with van der Waals surface area (Å²) in [5.74, 6) is 0.861. The Morgan fingerprint density at radius 3 is 2.93 bits per heavy atom. The van der Waals surface area contributed by atoms with Gasteiger partial charge in [0.2, 0.25) is 0 Å². The van der Waals surface area contributed by atoms with E-state index in [1.807, 2.05) is 24.3 Å². The molecule has 14 heavy (non-hydrogen) atoms. The van der Waals surface area contributed by atoms with E-state index in [1.54, 1.807) is 7.11 Å². The van der Waals surface area contributed by atoms with Gasteiger partial charge in [-0.2, -0.15) is 0 Å². The zero-order valence-electron chi connectivity index (χ0n) is 8.44. The molecule has 78 valence electrons. The van der Waals surface area contributed by atoms with Gasteiger partial charge in [0.25, 0.3) is 0 Å². The van der Waals surface area contributed by atoms with Gasteiger partial charge < -0.3 is 15.6 Å². The first-order valence-electron chi connectivity index (χ1n) is 4.75. The van der Waals surface area contributed by atoms with Crippen molar-refractivity contribution in [3.63, 3.8) is 0 Å². The van der Waals surface area contributed by atoms with Crippen LogP contribution >= 0.6 is 0 Å². The van der Waals surface area contributed by atoms with Crippen LogP contribution in [0.4, 0.5) is 0 Å². The van der Waals surface area contributed by atoms with Gasteiger partial charge in [0, 0.05) is 6.04 Å². The molecule has 1 rings (SSSR count). The Balaban J connectivity index is 2.50. The van der Waals surface area contributed by atoms with Crippen LogP contribution in [0.15, 0.2) is 24.3 Å². The van der Waals surface area contributed by atoms with Crippen LogP contribution in [-0.4, -0.2) is 24.9 Å². The third-order valence-electron chi connectivity index (χ3n) is 2.17. The van der Waals surface area contributed by atoms with Crippen LogP contribution < -0.4 is 10.5 Å². The average molecular weight is 195 g/mol. The van der Waals surface area contributed by atoms with Gasteiger partial charge in [-0.25, -0.2) is 0 Å². The van der Waals surface area contributed by atoms with Crippen LogP contribution in [0.5, 0.6) is 5.75 Å². The molecule has 0 saturated heterocycles. The van der Waals surface area contributed by atoms with Gasteiger partial charge in [0.05, 0.1) is 13.7 Å². The van der Waals surface area contributed by atoms with Crippen LogP contribution in [0.1, 0.15) is 12.0 Å². The highest BCUT2D eigenvalue weighted by molar-refractivity contribution is 5.28. The van der Waals surface area contributed by atoms with Gasteiger partial charge in [-0.15, -0.1) is 0 Å². The van der Waals surface area contributed by atoms with E-state index < -0.39 is 0 Å². The molecule has 1 unspecified atom stereocenters. The zero-order valence-corrected chi connectivity index (χ0v) is 8.44. The van der Waals surface area contributed by atoms with E-state index in [9.17, 15) is 0 Å². The highest BCUT2D eigenvalue weighted by Crippen LogP contribution is 2.14. The monoisotopic (exact) mass is 195 g/mol. The van der Waals surface area contributed by atoms with E-state index in [-0.39, 0.29) is 12.6 Å². The average Bonchev–Trinajstić information content (AvgIpc) is 2.26. The molecule has 0 aliphatic carbocycles. The van der Waals surface area contributed by atoms with Crippen molar-refractivity contribution < 1.29 is 9.84 Å². The number of aryl methyl sites for hydroxylation is 1. The fourth-order valence-electron chi connectivity index (χ4n) is 1.27. The Labute approximate surface area is 84.5 Å². The van der Waals surface area contributed by atoms with Gasteiger partial charge in [0.15, 0.2) is 0 Å². The van der Waals surface area contributed by atoms with E-state index in [1.165, 1.54) is 5.56 Å². The summed E-state index contributed by atoms with van der Waals surface area (Å²) in [5, 5.41) is 8.76. The van der Waals surface area contributed by atoms with Crippen LogP contribution in [-0.2, 0) is 6.42 Å². The molecule has 3 N–H and O–H groups in total. The van der Waals surface area contributed by atoms with Crippen molar-refractivity contribution in [1.82, 2.24) is 0 Å². The molecular weight excluding hydrogens is 178 g/mol. The summed E-state index contributed by atoms with van der Waals surface area (Å²) in [6, 6.07) is 7.77. The first-order valence-corrected chi connectivity index (χ1v) is 4.75. The number of rotatable bonds is 5. The number of benzene rings is 1. The molecule has 0 aliphatic rings. The topological polar surface area (TPSA) is 55.5 Å². The van der Waals surface area contributed by atoms with E-state index in [2.05, 4.69) is 0 Å². The molecule has 0 fully saturated rings. The largest absolute Gasteiger partial charge is 0.497 e. The smallest absolute Gasteiger partial charge is 0.119 e. The second-order valence-electron chi connectivity index (χ2n) is 3.33. The molecule has 0 saturated carbocycles.